The summed E-state index contributed by atoms with van der Waals surface area (Å²) >= 11 is 0. The lowest BCUT2D eigenvalue weighted by Gasteiger charge is -2.42. The molecular formula is C14H23N2O7P. The number of carbonyl (C=O) groups excluding carboxylic acids is 3. The summed E-state index contributed by atoms with van der Waals surface area (Å²) in [6, 6.07) is -0.842. The van der Waals surface area contributed by atoms with Crippen LogP contribution in [0.15, 0.2) is 0 Å². The zero-order chi connectivity index (χ0) is 17.9. The predicted octanol–water partition coefficient (Wildman–Crippen LogP) is 0.790. The maximum Gasteiger partial charge on any atom is 0.330 e. The van der Waals surface area contributed by atoms with Crippen LogP contribution in [0.3, 0.4) is 0 Å². The highest BCUT2D eigenvalue weighted by atomic mass is 31.2. The Balaban J connectivity index is 2.32. The minimum Gasteiger partial charge on any atom is -0.467 e. The quantitative estimate of drug-likeness (QED) is 0.526. The van der Waals surface area contributed by atoms with Crippen LogP contribution in [0.5, 0.6) is 0 Å². The Hall–Kier alpha value is -1.44. The van der Waals surface area contributed by atoms with E-state index in [4.69, 9.17) is 13.8 Å². The number of carbonyl (C=O) groups is 3. The van der Waals surface area contributed by atoms with Gasteiger partial charge in [0, 0.05) is 27.2 Å². The van der Waals surface area contributed by atoms with Crippen LogP contribution in [0.25, 0.3) is 0 Å². The third kappa shape index (κ3) is 3.63. The van der Waals surface area contributed by atoms with Gasteiger partial charge in [-0.25, -0.2) is 9.80 Å². The molecular weight excluding hydrogens is 339 g/mol. The van der Waals surface area contributed by atoms with Crippen LogP contribution in [0, 0.1) is 5.92 Å². The highest BCUT2D eigenvalue weighted by Crippen LogP contribution is 2.49. The highest BCUT2D eigenvalue weighted by Gasteiger charge is 2.46. The first-order chi connectivity index (χ1) is 11.4. The van der Waals surface area contributed by atoms with Gasteiger partial charge in [-0.1, -0.05) is 0 Å². The summed E-state index contributed by atoms with van der Waals surface area (Å²) < 4.78 is 27.0. The Morgan fingerprint density at radius 2 is 1.88 bits per heavy atom. The number of esters is 1. The normalized spacial score (nSPS) is 25.3. The van der Waals surface area contributed by atoms with E-state index < -0.39 is 31.4 Å². The van der Waals surface area contributed by atoms with Crippen LogP contribution >= 0.6 is 7.60 Å². The molecule has 0 aliphatic carbocycles. The number of rotatable bonds is 5. The predicted molar refractivity (Wildman–Crippen MR) is 82.8 cm³/mol. The number of hydrazine groups is 1. The molecule has 0 spiro atoms. The van der Waals surface area contributed by atoms with E-state index in [1.54, 1.807) is 0 Å². The molecule has 0 aromatic carbocycles. The smallest absolute Gasteiger partial charge is 0.330 e. The Labute approximate surface area is 140 Å². The van der Waals surface area contributed by atoms with Crippen LogP contribution in [-0.4, -0.2) is 67.9 Å². The maximum absolute atomic E-state index is 13.0. The Bertz CT molecular complexity index is 559. The van der Waals surface area contributed by atoms with Crippen molar-refractivity contribution >= 4 is 25.4 Å². The van der Waals surface area contributed by atoms with Crippen LogP contribution in [0.4, 0.5) is 0 Å². The van der Waals surface area contributed by atoms with Crippen molar-refractivity contribution < 1.29 is 32.7 Å². The molecule has 2 heterocycles. The number of methoxy groups -OCH3 is 1. The van der Waals surface area contributed by atoms with Crippen molar-refractivity contribution in [2.45, 2.75) is 31.7 Å². The van der Waals surface area contributed by atoms with E-state index >= 15 is 0 Å². The van der Waals surface area contributed by atoms with Crippen molar-refractivity contribution in [2.24, 2.45) is 5.92 Å². The average Bonchev–Trinajstić information content (AvgIpc) is 2.73. The SMILES string of the molecule is COC(=O)[C@@H]1CCCN2C(=O)CC[C@H](CP(=O)(OC)OC)C(=O)N12. The van der Waals surface area contributed by atoms with Crippen molar-refractivity contribution in [3.8, 4) is 0 Å². The van der Waals surface area contributed by atoms with E-state index in [-0.39, 0.29) is 24.9 Å². The summed E-state index contributed by atoms with van der Waals surface area (Å²) in [4.78, 5) is 37.3. The van der Waals surface area contributed by atoms with E-state index in [0.29, 0.717) is 19.4 Å². The number of ether oxygens (including phenoxy) is 1. The lowest BCUT2D eigenvalue weighted by atomic mass is 10.0. The van der Waals surface area contributed by atoms with E-state index in [2.05, 4.69) is 0 Å². The Kier molecular flexibility index (Phi) is 6.01. The van der Waals surface area contributed by atoms with Crippen LogP contribution in [-0.2, 0) is 32.7 Å². The second-order valence-electron chi connectivity index (χ2n) is 5.78. The van der Waals surface area contributed by atoms with Crippen LogP contribution < -0.4 is 0 Å². The van der Waals surface area contributed by atoms with Crippen molar-refractivity contribution in [2.75, 3.05) is 34.0 Å². The first-order valence-electron chi connectivity index (χ1n) is 7.78. The van der Waals surface area contributed by atoms with Gasteiger partial charge >= 0.3 is 13.6 Å². The molecule has 2 rings (SSSR count). The van der Waals surface area contributed by atoms with E-state index in [1.807, 2.05) is 0 Å². The van der Waals surface area contributed by atoms with Gasteiger partial charge < -0.3 is 13.8 Å². The number of hydrogen-bond acceptors (Lipinski definition) is 7. The lowest BCUT2D eigenvalue weighted by molar-refractivity contribution is -0.182. The summed E-state index contributed by atoms with van der Waals surface area (Å²) in [6.45, 7) is 0.372. The summed E-state index contributed by atoms with van der Waals surface area (Å²) in [5.41, 5.74) is 0. The third-order valence-electron chi connectivity index (χ3n) is 4.45. The molecule has 2 aliphatic heterocycles. The first-order valence-corrected chi connectivity index (χ1v) is 9.51. The summed E-state index contributed by atoms with van der Waals surface area (Å²) in [6.07, 6.45) is 1.25. The minimum atomic E-state index is -3.42. The molecule has 136 valence electrons. The van der Waals surface area contributed by atoms with Crippen molar-refractivity contribution in [1.29, 1.82) is 0 Å². The van der Waals surface area contributed by atoms with Gasteiger partial charge in [0.05, 0.1) is 19.2 Å². The summed E-state index contributed by atoms with van der Waals surface area (Å²) in [7, 11) is 0.328. The zero-order valence-electron chi connectivity index (χ0n) is 14.1. The van der Waals surface area contributed by atoms with E-state index in [1.165, 1.54) is 31.3 Å². The molecule has 0 N–H and O–H groups in total. The Morgan fingerprint density at radius 3 is 2.46 bits per heavy atom. The molecule has 10 heteroatoms. The molecule has 0 aromatic heterocycles. The number of fused-ring (bicyclic) bond motifs is 1. The van der Waals surface area contributed by atoms with Gasteiger partial charge in [0.2, 0.25) is 11.8 Å². The van der Waals surface area contributed by atoms with Gasteiger partial charge in [-0.3, -0.25) is 19.2 Å². The van der Waals surface area contributed by atoms with Crippen LogP contribution in [0.2, 0.25) is 0 Å². The highest BCUT2D eigenvalue weighted by molar-refractivity contribution is 7.53. The van der Waals surface area contributed by atoms with E-state index in [0.717, 1.165) is 0 Å². The largest absolute Gasteiger partial charge is 0.467 e. The van der Waals surface area contributed by atoms with Crippen LogP contribution in [0.1, 0.15) is 25.7 Å². The van der Waals surface area contributed by atoms with Crippen molar-refractivity contribution in [3.05, 3.63) is 0 Å². The molecule has 24 heavy (non-hydrogen) atoms. The van der Waals surface area contributed by atoms with Gasteiger partial charge in [0.25, 0.3) is 0 Å². The van der Waals surface area contributed by atoms with Gasteiger partial charge in [0.1, 0.15) is 0 Å². The minimum absolute atomic E-state index is 0.133. The molecule has 0 unspecified atom stereocenters. The molecule has 9 nitrogen and oxygen atoms in total. The third-order valence-corrected chi connectivity index (χ3v) is 6.45. The molecule has 0 bridgehead atoms. The monoisotopic (exact) mass is 362 g/mol. The number of nitrogens with zero attached hydrogens (tertiary/aromatic N) is 2. The molecule has 0 radical (unpaired) electrons. The number of hydrogen-bond donors (Lipinski definition) is 0. The summed E-state index contributed by atoms with van der Waals surface area (Å²) in [5, 5.41) is 2.50. The maximum atomic E-state index is 13.0. The fraction of sp³-hybridized carbons (Fsp3) is 0.786. The summed E-state index contributed by atoms with van der Waals surface area (Å²) in [5.74, 6) is -1.95. The van der Waals surface area contributed by atoms with Gasteiger partial charge in [-0.2, -0.15) is 0 Å². The van der Waals surface area contributed by atoms with E-state index in [9.17, 15) is 18.9 Å². The molecule has 2 fully saturated rings. The molecule has 2 aliphatic rings. The fourth-order valence-corrected chi connectivity index (χ4v) is 4.43. The number of amides is 2. The van der Waals surface area contributed by atoms with Crippen molar-refractivity contribution in [3.63, 3.8) is 0 Å². The standard InChI is InChI=1S/C14H23N2O7P/c1-21-14(19)11-5-4-8-15-12(17)7-6-10(13(18)16(11)15)9-24(20,22-2)23-3/h10-11H,4-9H2,1-3H3/t10-,11+/m1/s1. The van der Waals surface area contributed by atoms with Crippen molar-refractivity contribution in [1.82, 2.24) is 10.0 Å². The average molecular weight is 362 g/mol. The van der Waals surface area contributed by atoms with Gasteiger partial charge in [0.15, 0.2) is 6.04 Å². The first kappa shape index (κ1) is 18.9. The molecule has 2 atom stereocenters. The second-order valence-corrected chi connectivity index (χ2v) is 8.09. The lowest BCUT2D eigenvalue weighted by Crippen LogP contribution is -2.60. The molecule has 0 saturated carbocycles. The Morgan fingerprint density at radius 1 is 1.21 bits per heavy atom. The second kappa shape index (κ2) is 7.63. The molecule has 0 aromatic rings. The fourth-order valence-electron chi connectivity index (χ4n) is 3.10. The van der Waals surface area contributed by atoms with Gasteiger partial charge in [-0.15, -0.1) is 0 Å². The molecule has 2 saturated heterocycles. The van der Waals surface area contributed by atoms with Gasteiger partial charge in [-0.05, 0) is 19.3 Å². The zero-order valence-corrected chi connectivity index (χ0v) is 15.0. The molecule has 2 amide bonds. The topological polar surface area (TPSA) is 102 Å².